The smallest absolute Gasteiger partial charge is 0.308 e. The summed E-state index contributed by atoms with van der Waals surface area (Å²) in [6.45, 7) is 1.44. The van der Waals surface area contributed by atoms with Crippen LogP contribution in [0.5, 0.6) is 0 Å². The highest BCUT2D eigenvalue weighted by Crippen LogP contribution is 2.26. The Morgan fingerprint density at radius 3 is 2.39 bits per heavy atom. The van der Waals surface area contributed by atoms with Gasteiger partial charge in [-0.05, 0) is 63.0 Å². The summed E-state index contributed by atoms with van der Waals surface area (Å²) in [5, 5.41) is 0. The van der Waals surface area contributed by atoms with E-state index in [4.69, 9.17) is 18.9 Å². The number of unbranched alkanes of at least 4 members (excludes halogenated alkanes) is 3. The molecule has 0 saturated carbocycles. The first-order valence-electron chi connectivity index (χ1n) is 11.0. The molecule has 0 radical (unpaired) electrons. The number of carbonyl (C=O) groups excluding carboxylic acids is 2. The Balaban J connectivity index is 1.23. The molecule has 3 aliphatic rings. The number of allylic oxidation sites excluding steroid dienone is 1. The lowest BCUT2D eigenvalue weighted by molar-refractivity contribution is -0.186. The molecular weight excluding hydrogens is 360 g/mol. The summed E-state index contributed by atoms with van der Waals surface area (Å²) < 4.78 is 22.2. The zero-order chi connectivity index (χ0) is 19.6. The number of esters is 1. The van der Waals surface area contributed by atoms with E-state index in [2.05, 4.69) is 0 Å². The maximum Gasteiger partial charge on any atom is 0.308 e. The van der Waals surface area contributed by atoms with Crippen LogP contribution in [0.25, 0.3) is 0 Å². The van der Waals surface area contributed by atoms with Crippen molar-refractivity contribution < 1.29 is 28.5 Å². The molecule has 2 unspecified atom stereocenters. The highest BCUT2D eigenvalue weighted by molar-refractivity contribution is 5.98. The molecule has 0 aromatic rings. The minimum atomic E-state index is -0.337. The van der Waals surface area contributed by atoms with E-state index in [1.54, 1.807) is 0 Å². The second-order valence-electron chi connectivity index (χ2n) is 7.99. The predicted molar refractivity (Wildman–Crippen MR) is 104 cm³/mol. The molecule has 2 aliphatic heterocycles. The van der Waals surface area contributed by atoms with Gasteiger partial charge >= 0.3 is 5.97 Å². The summed E-state index contributed by atoms with van der Waals surface area (Å²) in [5.41, 5.74) is 0.898. The molecule has 6 heteroatoms. The van der Waals surface area contributed by atoms with Gasteiger partial charge in [-0.25, -0.2) is 0 Å². The number of ether oxygens (including phenoxy) is 4. The summed E-state index contributed by atoms with van der Waals surface area (Å²) in [5.74, 6) is 0.0439. The Kier molecular flexibility index (Phi) is 8.96. The van der Waals surface area contributed by atoms with Crippen LogP contribution in [0.1, 0.15) is 83.5 Å². The van der Waals surface area contributed by atoms with Gasteiger partial charge in [0.1, 0.15) is 0 Å². The van der Waals surface area contributed by atoms with Gasteiger partial charge in [-0.3, -0.25) is 9.59 Å². The van der Waals surface area contributed by atoms with Crippen molar-refractivity contribution in [2.45, 2.75) is 102 Å². The molecule has 6 nitrogen and oxygen atoms in total. The molecular formula is C22H34O6. The lowest BCUT2D eigenvalue weighted by Crippen LogP contribution is -2.26. The summed E-state index contributed by atoms with van der Waals surface area (Å²) in [6, 6.07) is 0. The second-order valence-corrected chi connectivity index (χ2v) is 7.99. The molecule has 0 aromatic carbocycles. The molecule has 2 fully saturated rings. The first-order valence-corrected chi connectivity index (χ1v) is 11.0. The average molecular weight is 395 g/mol. The lowest BCUT2D eigenvalue weighted by atomic mass is 10.0. The van der Waals surface area contributed by atoms with Crippen LogP contribution in [-0.2, 0) is 28.5 Å². The molecule has 0 amide bonds. The maximum absolute atomic E-state index is 12.2. The van der Waals surface area contributed by atoms with Crippen LogP contribution in [0.4, 0.5) is 0 Å². The van der Waals surface area contributed by atoms with E-state index in [1.807, 2.05) is 6.08 Å². The summed E-state index contributed by atoms with van der Waals surface area (Å²) in [4.78, 5) is 24.0. The molecule has 0 spiro atoms. The van der Waals surface area contributed by atoms with Crippen LogP contribution in [-0.4, -0.2) is 43.7 Å². The van der Waals surface area contributed by atoms with E-state index >= 15 is 0 Å². The van der Waals surface area contributed by atoms with E-state index < -0.39 is 0 Å². The predicted octanol–water partition coefficient (Wildman–Crippen LogP) is 4.21. The zero-order valence-corrected chi connectivity index (χ0v) is 16.9. The quantitative estimate of drug-likeness (QED) is 0.408. The van der Waals surface area contributed by atoms with Crippen LogP contribution in [0.2, 0.25) is 0 Å². The Labute approximate surface area is 167 Å². The number of Topliss-reactive ketones (excluding diaryl/α,β-unsaturated/α-hetero) is 1. The van der Waals surface area contributed by atoms with Gasteiger partial charge in [0.2, 0.25) is 6.29 Å². The first-order chi connectivity index (χ1) is 13.7. The Hall–Kier alpha value is -1.24. The van der Waals surface area contributed by atoms with E-state index in [0.717, 1.165) is 82.8 Å². The van der Waals surface area contributed by atoms with Gasteiger partial charge in [0.25, 0.3) is 0 Å². The SMILES string of the molecule is O=C(CCCCCCC1=C[C@@H](OC2CCCCO2)CC1=O)OC1CCCCO1. The van der Waals surface area contributed by atoms with Gasteiger partial charge in [0.05, 0.1) is 12.7 Å². The van der Waals surface area contributed by atoms with E-state index in [9.17, 15) is 9.59 Å². The maximum atomic E-state index is 12.2. The molecule has 3 atom stereocenters. The van der Waals surface area contributed by atoms with Crippen molar-refractivity contribution in [1.82, 2.24) is 0 Å². The minimum Gasteiger partial charge on any atom is -0.436 e. The van der Waals surface area contributed by atoms with Crippen LogP contribution in [0, 0.1) is 0 Å². The van der Waals surface area contributed by atoms with Crippen LogP contribution in [0.15, 0.2) is 11.6 Å². The van der Waals surface area contributed by atoms with E-state index in [1.165, 1.54) is 0 Å². The van der Waals surface area contributed by atoms with Gasteiger partial charge in [0.15, 0.2) is 12.1 Å². The monoisotopic (exact) mass is 394 g/mol. The lowest BCUT2D eigenvalue weighted by Gasteiger charge is -2.24. The Morgan fingerprint density at radius 2 is 1.68 bits per heavy atom. The fourth-order valence-corrected chi connectivity index (χ4v) is 3.96. The molecule has 0 bridgehead atoms. The molecule has 2 saturated heterocycles. The number of hydrogen-bond acceptors (Lipinski definition) is 6. The third-order valence-corrected chi connectivity index (χ3v) is 5.57. The van der Waals surface area contributed by atoms with E-state index in [-0.39, 0.29) is 30.4 Å². The molecule has 0 aromatic heterocycles. The van der Waals surface area contributed by atoms with Gasteiger partial charge in [-0.15, -0.1) is 0 Å². The normalized spacial score (nSPS) is 28.2. The third kappa shape index (κ3) is 7.30. The third-order valence-electron chi connectivity index (χ3n) is 5.57. The Morgan fingerprint density at radius 1 is 0.964 bits per heavy atom. The van der Waals surface area contributed by atoms with Gasteiger partial charge < -0.3 is 18.9 Å². The second kappa shape index (κ2) is 11.7. The number of carbonyl (C=O) groups is 2. The largest absolute Gasteiger partial charge is 0.436 e. The van der Waals surface area contributed by atoms with Crippen molar-refractivity contribution in [2.24, 2.45) is 0 Å². The van der Waals surface area contributed by atoms with Gasteiger partial charge in [-0.1, -0.05) is 12.8 Å². The van der Waals surface area contributed by atoms with Crippen molar-refractivity contribution in [3.05, 3.63) is 11.6 Å². The number of ketones is 1. The van der Waals surface area contributed by atoms with Crippen molar-refractivity contribution in [3.8, 4) is 0 Å². The summed E-state index contributed by atoms with van der Waals surface area (Å²) >= 11 is 0. The molecule has 1 aliphatic carbocycles. The van der Waals surface area contributed by atoms with Crippen LogP contribution in [0.3, 0.4) is 0 Å². The van der Waals surface area contributed by atoms with Crippen molar-refractivity contribution >= 4 is 11.8 Å². The number of rotatable bonds is 10. The molecule has 2 heterocycles. The van der Waals surface area contributed by atoms with Gasteiger partial charge in [0, 0.05) is 25.9 Å². The number of hydrogen-bond donors (Lipinski definition) is 0. The Bertz CT molecular complexity index is 531. The highest BCUT2D eigenvalue weighted by Gasteiger charge is 2.27. The highest BCUT2D eigenvalue weighted by atomic mass is 16.7. The topological polar surface area (TPSA) is 71.1 Å². The van der Waals surface area contributed by atoms with E-state index in [0.29, 0.717) is 19.4 Å². The fourth-order valence-electron chi connectivity index (χ4n) is 3.96. The molecule has 158 valence electrons. The van der Waals surface area contributed by atoms with Crippen LogP contribution < -0.4 is 0 Å². The van der Waals surface area contributed by atoms with Crippen molar-refractivity contribution in [2.75, 3.05) is 13.2 Å². The molecule has 28 heavy (non-hydrogen) atoms. The van der Waals surface area contributed by atoms with Crippen LogP contribution >= 0.6 is 0 Å². The summed E-state index contributed by atoms with van der Waals surface area (Å²) in [7, 11) is 0. The zero-order valence-electron chi connectivity index (χ0n) is 16.9. The summed E-state index contributed by atoms with van der Waals surface area (Å²) in [6.07, 6.45) is 12.9. The average Bonchev–Trinajstić information content (AvgIpc) is 3.05. The fraction of sp³-hybridized carbons (Fsp3) is 0.818. The van der Waals surface area contributed by atoms with Crippen molar-refractivity contribution in [1.29, 1.82) is 0 Å². The standard InChI is InChI=1S/C22H34O6/c23-19-16-18(27-21-11-5-7-13-25-21)15-17(19)9-3-1-2-4-10-20(24)28-22-12-6-8-14-26-22/h15,18,21-22H,1-14,16H2/t18-,21?,22?/m1/s1. The molecule has 3 rings (SSSR count). The van der Waals surface area contributed by atoms with Crippen molar-refractivity contribution in [3.63, 3.8) is 0 Å². The minimum absolute atomic E-state index is 0.123. The molecule has 0 N–H and O–H groups in total. The first kappa shape index (κ1) is 21.5. The van der Waals surface area contributed by atoms with Gasteiger partial charge in [-0.2, -0.15) is 0 Å².